The highest BCUT2D eigenvalue weighted by molar-refractivity contribution is 7.71. The van der Waals surface area contributed by atoms with Gasteiger partial charge in [-0.1, -0.05) is 6.92 Å². The van der Waals surface area contributed by atoms with E-state index in [2.05, 4.69) is 16.8 Å². The molecular weight excluding hydrogens is 385 g/mol. The van der Waals surface area contributed by atoms with E-state index in [1.54, 1.807) is 13.1 Å². The van der Waals surface area contributed by atoms with Gasteiger partial charge in [-0.3, -0.25) is 14.3 Å². The normalized spacial score (nSPS) is 37.5. The van der Waals surface area contributed by atoms with Gasteiger partial charge in [0.25, 0.3) is 5.56 Å². The maximum absolute atomic E-state index is 11.8. The van der Waals surface area contributed by atoms with Crippen molar-refractivity contribution in [3.8, 4) is 0 Å². The molecule has 3 aliphatic rings. The summed E-state index contributed by atoms with van der Waals surface area (Å²) in [5.74, 6) is 0.625. The largest absolute Gasteiger partial charge is 0.351 e. The minimum Gasteiger partial charge on any atom is -0.351 e. The first kappa shape index (κ1) is 19.2. The number of hydrogen-bond acceptors (Lipinski definition) is 5. The highest BCUT2D eigenvalue weighted by atomic mass is 32.1. The number of nitrogens with one attached hydrogen (secondary N) is 1. The molecule has 3 fully saturated rings. The Balaban J connectivity index is 1.58. The Morgan fingerprint density at radius 3 is 3.04 bits per heavy atom. The van der Waals surface area contributed by atoms with E-state index in [0.717, 1.165) is 12.8 Å². The Morgan fingerprint density at radius 2 is 2.30 bits per heavy atom. The van der Waals surface area contributed by atoms with Gasteiger partial charge in [0.2, 0.25) is 6.54 Å². The molecule has 0 spiro atoms. The predicted molar refractivity (Wildman–Crippen MR) is 104 cm³/mol. The Labute approximate surface area is 164 Å². The van der Waals surface area contributed by atoms with Crippen LogP contribution in [0.25, 0.3) is 4.85 Å². The number of aromatic nitrogens is 2. The van der Waals surface area contributed by atoms with Crippen molar-refractivity contribution in [1.82, 2.24) is 9.55 Å². The number of fused-ring (bicyclic) bond motifs is 3. The highest BCUT2D eigenvalue weighted by Gasteiger charge is 2.74. The number of nitrogens with zero attached hydrogens (tertiary/aromatic N) is 2. The van der Waals surface area contributed by atoms with Crippen molar-refractivity contribution in [1.29, 1.82) is 0 Å². The lowest BCUT2D eigenvalue weighted by Crippen LogP contribution is -2.40. The first-order valence-electron chi connectivity index (χ1n) is 9.15. The molecule has 27 heavy (non-hydrogen) atoms. The van der Waals surface area contributed by atoms with Gasteiger partial charge in [0.05, 0.1) is 6.10 Å². The fourth-order valence-corrected chi connectivity index (χ4v) is 6.19. The molecule has 1 aromatic heterocycles. The predicted octanol–water partition coefficient (Wildman–Crippen LogP) is 3.56. The van der Waals surface area contributed by atoms with E-state index in [0.29, 0.717) is 35.8 Å². The van der Waals surface area contributed by atoms with Crippen LogP contribution in [0.3, 0.4) is 0 Å². The van der Waals surface area contributed by atoms with Gasteiger partial charge in [-0.15, -0.1) is 0 Å². The van der Waals surface area contributed by atoms with Crippen LogP contribution in [-0.2, 0) is 13.8 Å². The van der Waals surface area contributed by atoms with Crippen LogP contribution in [0.15, 0.2) is 11.0 Å². The van der Waals surface area contributed by atoms with Crippen molar-refractivity contribution in [3.05, 3.63) is 38.3 Å². The van der Waals surface area contributed by atoms with Crippen molar-refractivity contribution in [3.63, 3.8) is 0 Å². The summed E-state index contributed by atoms with van der Waals surface area (Å²) in [6.45, 7) is 13.6. The molecule has 4 rings (SSSR count). The van der Waals surface area contributed by atoms with Gasteiger partial charge < -0.3 is 18.6 Å². The molecule has 1 saturated heterocycles. The third-order valence-electron chi connectivity index (χ3n) is 6.18. The van der Waals surface area contributed by atoms with Crippen molar-refractivity contribution >= 4 is 20.6 Å². The quantitative estimate of drug-likeness (QED) is 0.337. The minimum absolute atomic E-state index is 0.0106. The second kappa shape index (κ2) is 6.75. The van der Waals surface area contributed by atoms with Gasteiger partial charge in [0, 0.05) is 24.8 Å². The molecular formula is C18H24N3O4PS. The summed E-state index contributed by atoms with van der Waals surface area (Å²) < 4.78 is 20.9. The fourth-order valence-electron chi connectivity index (χ4n) is 4.78. The van der Waals surface area contributed by atoms with Crippen molar-refractivity contribution in [2.24, 2.45) is 11.3 Å². The van der Waals surface area contributed by atoms with Crippen LogP contribution in [0, 0.1) is 29.6 Å². The molecule has 2 saturated carbocycles. The summed E-state index contributed by atoms with van der Waals surface area (Å²) in [6, 6.07) is 0. The number of rotatable bonds is 6. The molecule has 1 N–H and O–H groups in total. The first-order chi connectivity index (χ1) is 12.8. The molecule has 1 unspecified atom stereocenters. The van der Waals surface area contributed by atoms with Gasteiger partial charge in [-0.2, -0.15) is 0 Å². The zero-order valence-corrected chi connectivity index (χ0v) is 17.4. The number of aromatic amines is 1. The van der Waals surface area contributed by atoms with E-state index in [9.17, 15) is 4.79 Å². The number of H-pyrrole nitrogens is 1. The maximum Gasteiger partial charge on any atom is 0.254 e. The smallest absolute Gasteiger partial charge is 0.254 e. The van der Waals surface area contributed by atoms with Gasteiger partial charge in [-0.25, -0.2) is 6.57 Å². The average molecular weight is 409 g/mol. The third kappa shape index (κ3) is 3.20. The molecule has 2 heterocycles. The SMILES string of the molecule is [C-]#[N+]CCOP(C)O[C@]12C[C@@H]3C[C@]3(C)[C@H]1O[C@@H](n1cc(C)c(=O)[nH]c1=S)C2. The van der Waals surface area contributed by atoms with Crippen LogP contribution in [-0.4, -0.2) is 41.1 Å². The molecule has 6 atom stereocenters. The topological polar surface area (TPSA) is 69.8 Å². The lowest BCUT2D eigenvalue weighted by molar-refractivity contribution is -0.0652. The molecule has 9 heteroatoms. The standard InChI is InChI=1S/C18H24N3O4PS/c1-11-10-21(16(27)20-14(11)22)13-9-18(25-26(4)23-6-5-19-3)8-12-7-17(12,2)15(18)24-13/h10,12-13,15H,5-9H2,1-2,4H3,(H,20,22,27)/t12-,13+,15+,17-,18-,26?/m0/s1. The second-order valence-corrected chi connectivity index (χ2v) is 9.78. The van der Waals surface area contributed by atoms with Crippen LogP contribution in [0.4, 0.5) is 0 Å². The van der Waals surface area contributed by atoms with E-state index in [1.165, 1.54) is 0 Å². The van der Waals surface area contributed by atoms with Crippen molar-refractivity contribution < 1.29 is 13.8 Å². The highest BCUT2D eigenvalue weighted by Crippen LogP contribution is 2.73. The molecule has 7 nitrogen and oxygen atoms in total. The van der Waals surface area contributed by atoms with E-state index >= 15 is 0 Å². The Bertz CT molecular complexity index is 911. The van der Waals surface area contributed by atoms with Crippen molar-refractivity contribution in [2.45, 2.75) is 51.0 Å². The summed E-state index contributed by atoms with van der Waals surface area (Å²) >= 11 is 5.37. The third-order valence-corrected chi connectivity index (χ3v) is 7.66. The average Bonchev–Trinajstić information content (AvgIpc) is 2.98. The summed E-state index contributed by atoms with van der Waals surface area (Å²) in [4.78, 5) is 17.9. The van der Waals surface area contributed by atoms with Crippen LogP contribution < -0.4 is 5.56 Å². The number of ether oxygens (including phenoxy) is 1. The van der Waals surface area contributed by atoms with E-state index in [-0.39, 0.29) is 28.9 Å². The van der Waals surface area contributed by atoms with Gasteiger partial charge in [0.1, 0.15) is 18.4 Å². The number of hydrogen-bond donors (Lipinski definition) is 1. The Kier molecular flexibility index (Phi) is 4.81. The fraction of sp³-hybridized carbons (Fsp3) is 0.722. The first-order valence-corrected chi connectivity index (χ1v) is 11.2. The van der Waals surface area contributed by atoms with Gasteiger partial charge in [-0.05, 0) is 43.3 Å². The van der Waals surface area contributed by atoms with Crippen LogP contribution >= 0.6 is 20.6 Å². The minimum atomic E-state index is -1.09. The molecule has 1 aliphatic heterocycles. The lowest BCUT2D eigenvalue weighted by Gasteiger charge is -2.33. The molecule has 146 valence electrons. The Hall–Kier alpha value is -1.10. The lowest BCUT2D eigenvalue weighted by atomic mass is 9.89. The molecule has 0 bridgehead atoms. The summed E-state index contributed by atoms with van der Waals surface area (Å²) in [5.41, 5.74) is 0.190. The monoisotopic (exact) mass is 409 g/mol. The summed E-state index contributed by atoms with van der Waals surface area (Å²) in [5, 5.41) is 0. The Morgan fingerprint density at radius 1 is 1.52 bits per heavy atom. The zero-order chi connectivity index (χ0) is 19.4. The van der Waals surface area contributed by atoms with Gasteiger partial charge >= 0.3 is 0 Å². The van der Waals surface area contributed by atoms with Crippen molar-refractivity contribution in [2.75, 3.05) is 19.8 Å². The van der Waals surface area contributed by atoms with E-state index in [4.69, 9.17) is 32.6 Å². The molecule has 0 aromatic carbocycles. The van der Waals surface area contributed by atoms with E-state index in [1.807, 2.05) is 11.2 Å². The van der Waals surface area contributed by atoms with Crippen LogP contribution in [0.5, 0.6) is 0 Å². The molecule has 0 radical (unpaired) electrons. The molecule has 2 aliphatic carbocycles. The van der Waals surface area contributed by atoms with E-state index < -0.39 is 8.38 Å². The number of aryl methyl sites for hydroxylation is 1. The van der Waals surface area contributed by atoms with Crippen LogP contribution in [0.1, 0.15) is 38.0 Å². The van der Waals surface area contributed by atoms with Gasteiger partial charge in [0.15, 0.2) is 13.1 Å². The molecule has 1 aromatic rings. The van der Waals surface area contributed by atoms with Crippen LogP contribution in [0.2, 0.25) is 0 Å². The second-order valence-electron chi connectivity index (χ2n) is 8.08. The summed E-state index contributed by atoms with van der Waals surface area (Å²) in [6.07, 6.45) is 4.30. The summed E-state index contributed by atoms with van der Waals surface area (Å²) in [7, 11) is -1.09. The maximum atomic E-state index is 11.8. The molecule has 0 amide bonds. The zero-order valence-electron chi connectivity index (χ0n) is 15.7.